The lowest BCUT2D eigenvalue weighted by Gasteiger charge is -2.04. The van der Waals surface area contributed by atoms with Crippen LogP contribution in [0.4, 0.5) is 0 Å². The van der Waals surface area contributed by atoms with Crippen molar-refractivity contribution in [3.05, 3.63) is 12.4 Å². The van der Waals surface area contributed by atoms with Gasteiger partial charge in [-0.25, -0.2) is 13.1 Å². The molecule has 1 aromatic heterocycles. The number of ether oxygens (including phenoxy) is 1. The molecule has 10 nitrogen and oxygen atoms in total. The van der Waals surface area contributed by atoms with Crippen LogP contribution < -0.4 is 10.5 Å². The standard InChI is InChI=1S/C10H16N4O6S/c11-9(15)7-20-4-2-13-21(18,19)8-5-12-14(6-8)3-1-10(16)17/h5-6,13H,1-4,7H2,(H2,11,15)(H,16,17). The number of hydrogen-bond acceptors (Lipinski definition) is 6. The molecule has 118 valence electrons. The summed E-state index contributed by atoms with van der Waals surface area (Å²) in [6.45, 7) is -0.243. The molecule has 0 fully saturated rings. The molecule has 0 aliphatic carbocycles. The van der Waals surface area contributed by atoms with E-state index in [9.17, 15) is 18.0 Å². The largest absolute Gasteiger partial charge is 0.481 e. The van der Waals surface area contributed by atoms with Gasteiger partial charge in [0.05, 0.1) is 25.8 Å². The first-order valence-corrected chi connectivity index (χ1v) is 7.39. The summed E-state index contributed by atoms with van der Waals surface area (Å²) in [4.78, 5) is 20.7. The zero-order valence-electron chi connectivity index (χ0n) is 11.1. The third-order valence-electron chi connectivity index (χ3n) is 2.26. The number of carboxylic acids is 1. The maximum Gasteiger partial charge on any atom is 0.305 e. The number of amides is 1. The second kappa shape index (κ2) is 7.71. The van der Waals surface area contributed by atoms with Gasteiger partial charge in [0.15, 0.2) is 0 Å². The monoisotopic (exact) mass is 320 g/mol. The number of hydrogen-bond donors (Lipinski definition) is 3. The van der Waals surface area contributed by atoms with Gasteiger partial charge in [-0.05, 0) is 0 Å². The van der Waals surface area contributed by atoms with Crippen LogP contribution in [-0.2, 0) is 30.9 Å². The van der Waals surface area contributed by atoms with Crippen molar-refractivity contribution in [3.8, 4) is 0 Å². The highest BCUT2D eigenvalue weighted by Gasteiger charge is 2.16. The van der Waals surface area contributed by atoms with E-state index in [0.717, 1.165) is 6.20 Å². The number of carboxylic acid groups (broad SMARTS) is 1. The minimum absolute atomic E-state index is 0.00464. The fraction of sp³-hybridized carbons (Fsp3) is 0.500. The van der Waals surface area contributed by atoms with E-state index >= 15 is 0 Å². The Morgan fingerprint density at radius 2 is 2.19 bits per heavy atom. The number of nitrogens with one attached hydrogen (secondary N) is 1. The minimum atomic E-state index is -3.76. The topological polar surface area (TPSA) is 154 Å². The Hall–Kier alpha value is -1.98. The van der Waals surface area contributed by atoms with E-state index in [-0.39, 0.29) is 37.6 Å². The number of aryl methyl sites for hydroxylation is 1. The fourth-order valence-electron chi connectivity index (χ4n) is 1.32. The molecule has 0 bridgehead atoms. The molecule has 21 heavy (non-hydrogen) atoms. The van der Waals surface area contributed by atoms with Crippen molar-refractivity contribution >= 4 is 21.9 Å². The molecule has 0 saturated heterocycles. The Labute approximate surface area is 120 Å². The van der Waals surface area contributed by atoms with Crippen molar-refractivity contribution in [2.75, 3.05) is 19.8 Å². The first-order valence-electron chi connectivity index (χ1n) is 5.91. The number of nitrogens with two attached hydrogens (primary N) is 1. The maximum atomic E-state index is 11.9. The number of carbonyl (C=O) groups excluding carboxylic acids is 1. The number of sulfonamides is 1. The number of aromatic nitrogens is 2. The summed E-state index contributed by atoms with van der Waals surface area (Å²) in [5, 5.41) is 12.3. The van der Waals surface area contributed by atoms with Crippen LogP contribution in [-0.4, -0.2) is 54.9 Å². The molecule has 1 heterocycles. The van der Waals surface area contributed by atoms with E-state index in [1.165, 1.54) is 10.9 Å². The summed E-state index contributed by atoms with van der Waals surface area (Å²) < 4.78 is 32.0. The van der Waals surface area contributed by atoms with Crippen LogP contribution in [0, 0.1) is 0 Å². The fourth-order valence-corrected chi connectivity index (χ4v) is 2.29. The average molecular weight is 320 g/mol. The van der Waals surface area contributed by atoms with Crippen LogP contribution in [0.5, 0.6) is 0 Å². The summed E-state index contributed by atoms with van der Waals surface area (Å²) >= 11 is 0. The van der Waals surface area contributed by atoms with E-state index < -0.39 is 21.9 Å². The van der Waals surface area contributed by atoms with Gasteiger partial charge in [0, 0.05) is 12.7 Å². The van der Waals surface area contributed by atoms with Crippen molar-refractivity contribution in [3.63, 3.8) is 0 Å². The molecule has 1 aromatic rings. The lowest BCUT2D eigenvalue weighted by atomic mass is 10.4. The molecule has 4 N–H and O–H groups in total. The molecule has 0 spiro atoms. The Morgan fingerprint density at radius 3 is 2.81 bits per heavy atom. The van der Waals surface area contributed by atoms with Gasteiger partial charge < -0.3 is 15.6 Å². The molecule has 0 aliphatic rings. The van der Waals surface area contributed by atoms with E-state index in [2.05, 4.69) is 9.82 Å². The zero-order valence-corrected chi connectivity index (χ0v) is 11.9. The summed E-state index contributed by atoms with van der Waals surface area (Å²) in [6.07, 6.45) is 2.19. The number of carbonyl (C=O) groups is 2. The van der Waals surface area contributed by atoms with Gasteiger partial charge in [-0.1, -0.05) is 0 Å². The molecule has 0 aromatic carbocycles. The number of rotatable bonds is 10. The molecule has 0 aliphatic heterocycles. The molecular formula is C10H16N4O6S. The van der Waals surface area contributed by atoms with Gasteiger partial charge >= 0.3 is 5.97 Å². The summed E-state index contributed by atoms with van der Waals surface area (Å²) in [5.41, 5.74) is 4.85. The molecule has 1 amide bonds. The number of aliphatic carboxylic acids is 1. The molecule has 0 atom stereocenters. The lowest BCUT2D eigenvalue weighted by molar-refractivity contribution is -0.137. The van der Waals surface area contributed by atoms with Gasteiger partial charge in [-0.3, -0.25) is 14.3 Å². The Balaban J connectivity index is 2.46. The normalized spacial score (nSPS) is 11.4. The highest BCUT2D eigenvalue weighted by atomic mass is 32.2. The first-order chi connectivity index (χ1) is 9.81. The molecule has 0 radical (unpaired) electrons. The van der Waals surface area contributed by atoms with E-state index in [1.54, 1.807) is 0 Å². The molecular weight excluding hydrogens is 304 g/mol. The summed E-state index contributed by atoms with van der Waals surface area (Å²) in [7, 11) is -3.76. The average Bonchev–Trinajstić information content (AvgIpc) is 2.85. The molecule has 0 saturated carbocycles. The predicted octanol–water partition coefficient (Wildman–Crippen LogP) is -1.86. The Morgan fingerprint density at radius 1 is 1.48 bits per heavy atom. The third kappa shape index (κ3) is 6.33. The second-order valence-corrected chi connectivity index (χ2v) is 5.77. The van der Waals surface area contributed by atoms with Crippen LogP contribution in [0.1, 0.15) is 6.42 Å². The SMILES string of the molecule is NC(=O)COCCNS(=O)(=O)c1cnn(CCC(=O)O)c1. The summed E-state index contributed by atoms with van der Waals surface area (Å²) in [6, 6.07) is 0. The molecule has 1 rings (SSSR count). The highest BCUT2D eigenvalue weighted by Crippen LogP contribution is 2.06. The number of nitrogens with zero attached hydrogens (tertiary/aromatic N) is 2. The van der Waals surface area contributed by atoms with Gasteiger partial charge in [-0.2, -0.15) is 5.10 Å². The van der Waals surface area contributed by atoms with Crippen molar-refractivity contribution in [1.82, 2.24) is 14.5 Å². The maximum absolute atomic E-state index is 11.9. The van der Waals surface area contributed by atoms with Gasteiger partial charge in [0.25, 0.3) is 0 Å². The van der Waals surface area contributed by atoms with Gasteiger partial charge in [0.1, 0.15) is 11.5 Å². The van der Waals surface area contributed by atoms with Crippen LogP contribution in [0.3, 0.4) is 0 Å². The van der Waals surface area contributed by atoms with Crippen LogP contribution >= 0.6 is 0 Å². The van der Waals surface area contributed by atoms with Crippen molar-refractivity contribution < 1.29 is 27.9 Å². The first kappa shape index (κ1) is 17.1. The van der Waals surface area contributed by atoms with E-state index in [1.807, 2.05) is 0 Å². The van der Waals surface area contributed by atoms with Crippen LogP contribution in [0.2, 0.25) is 0 Å². The third-order valence-corrected chi connectivity index (χ3v) is 3.67. The van der Waals surface area contributed by atoms with Crippen molar-refractivity contribution in [1.29, 1.82) is 0 Å². The van der Waals surface area contributed by atoms with Crippen molar-refractivity contribution in [2.24, 2.45) is 5.73 Å². The Kier molecular flexibility index (Phi) is 6.27. The summed E-state index contributed by atoms with van der Waals surface area (Å²) in [5.74, 6) is -1.64. The van der Waals surface area contributed by atoms with Gasteiger partial charge in [-0.15, -0.1) is 0 Å². The van der Waals surface area contributed by atoms with Crippen LogP contribution in [0.15, 0.2) is 17.3 Å². The lowest BCUT2D eigenvalue weighted by Crippen LogP contribution is -2.28. The van der Waals surface area contributed by atoms with Crippen molar-refractivity contribution in [2.45, 2.75) is 17.9 Å². The smallest absolute Gasteiger partial charge is 0.305 e. The zero-order chi connectivity index (χ0) is 15.9. The second-order valence-electron chi connectivity index (χ2n) is 4.00. The van der Waals surface area contributed by atoms with Crippen LogP contribution in [0.25, 0.3) is 0 Å². The Bertz CT molecular complexity index is 596. The van der Waals surface area contributed by atoms with Gasteiger partial charge in [0.2, 0.25) is 15.9 Å². The molecule has 11 heteroatoms. The van der Waals surface area contributed by atoms with E-state index in [4.69, 9.17) is 15.6 Å². The highest BCUT2D eigenvalue weighted by molar-refractivity contribution is 7.89. The minimum Gasteiger partial charge on any atom is -0.481 e. The molecule has 0 unspecified atom stereocenters. The van der Waals surface area contributed by atoms with E-state index in [0.29, 0.717) is 0 Å². The number of primary amides is 1. The predicted molar refractivity (Wildman–Crippen MR) is 69.7 cm³/mol. The quantitative estimate of drug-likeness (QED) is 0.427.